The topological polar surface area (TPSA) is 46.6 Å². The molecule has 1 amide bonds. The molecule has 0 N–H and O–H groups in total. The normalized spacial score (nSPS) is 21.2. The van der Waals surface area contributed by atoms with Gasteiger partial charge in [-0.1, -0.05) is 48.3 Å². The number of rotatable bonds is 2. The highest BCUT2D eigenvalue weighted by Gasteiger charge is 2.39. The van der Waals surface area contributed by atoms with Crippen molar-refractivity contribution in [3.8, 4) is 0 Å². The summed E-state index contributed by atoms with van der Waals surface area (Å²) in [5, 5.41) is 0. The Morgan fingerprint density at radius 2 is 2.00 bits per heavy atom. The summed E-state index contributed by atoms with van der Waals surface area (Å²) in [5.41, 5.74) is 1.10. The maximum Gasteiger partial charge on any atom is 0.344 e. The molecule has 0 bridgehead atoms. The van der Waals surface area contributed by atoms with E-state index in [-0.39, 0.29) is 5.91 Å². The summed E-state index contributed by atoms with van der Waals surface area (Å²) in [5.74, 6) is -0.390. The molecule has 100 valence electrons. The summed E-state index contributed by atoms with van der Waals surface area (Å²) in [6.07, 6.45) is 1.60. The van der Waals surface area contributed by atoms with Crippen LogP contribution in [0.1, 0.15) is 15.9 Å². The van der Waals surface area contributed by atoms with Crippen molar-refractivity contribution >= 4 is 45.9 Å². The number of hydrogen-bond acceptors (Lipinski definition) is 5. The lowest BCUT2D eigenvalue weighted by molar-refractivity contribution is -0.121. The number of nitrogens with zero attached hydrogens (tertiary/aromatic N) is 1. The summed E-state index contributed by atoms with van der Waals surface area (Å²) in [4.78, 5) is 25.9. The highest BCUT2D eigenvalue weighted by molar-refractivity contribution is 8.26. The Bertz CT molecular complexity index is 693. The van der Waals surface area contributed by atoms with Crippen molar-refractivity contribution < 1.29 is 14.3 Å². The minimum Gasteiger partial charge on any atom is -0.421 e. The van der Waals surface area contributed by atoms with Gasteiger partial charge in [0.05, 0.1) is 5.56 Å². The van der Waals surface area contributed by atoms with Crippen LogP contribution >= 0.6 is 24.0 Å². The molecule has 1 saturated heterocycles. The number of hydrogen-bond donors (Lipinski definition) is 0. The Kier molecular flexibility index (Phi) is 3.19. The Balaban J connectivity index is 2.09. The maximum atomic E-state index is 12.3. The first-order valence-corrected chi connectivity index (χ1v) is 7.06. The van der Waals surface area contributed by atoms with Crippen LogP contribution in [-0.4, -0.2) is 27.6 Å². The van der Waals surface area contributed by atoms with Gasteiger partial charge in [-0.3, -0.25) is 9.69 Å². The molecule has 1 fully saturated rings. The highest BCUT2D eigenvalue weighted by Crippen LogP contribution is 2.41. The van der Waals surface area contributed by atoms with Crippen molar-refractivity contribution in [2.75, 3.05) is 6.54 Å². The number of amides is 1. The third-order valence-corrected chi connectivity index (χ3v) is 4.38. The van der Waals surface area contributed by atoms with E-state index < -0.39 is 5.97 Å². The van der Waals surface area contributed by atoms with E-state index in [1.807, 2.05) is 0 Å². The number of cyclic esters (lactones) is 1. The lowest BCUT2D eigenvalue weighted by atomic mass is 10.1. The molecule has 6 heteroatoms. The molecule has 0 unspecified atom stereocenters. The average Bonchev–Trinajstić information content (AvgIpc) is 2.92. The van der Waals surface area contributed by atoms with Gasteiger partial charge in [-0.15, -0.1) is 6.58 Å². The van der Waals surface area contributed by atoms with E-state index in [4.69, 9.17) is 17.0 Å². The summed E-state index contributed by atoms with van der Waals surface area (Å²) < 4.78 is 5.69. The second kappa shape index (κ2) is 4.88. The lowest BCUT2D eigenvalue weighted by Gasteiger charge is -2.10. The first kappa shape index (κ1) is 13.1. The van der Waals surface area contributed by atoms with Crippen LogP contribution in [0.25, 0.3) is 5.76 Å². The smallest absolute Gasteiger partial charge is 0.344 e. The fourth-order valence-electron chi connectivity index (χ4n) is 2.05. The van der Waals surface area contributed by atoms with Crippen molar-refractivity contribution in [2.45, 2.75) is 0 Å². The molecule has 3 rings (SSSR count). The van der Waals surface area contributed by atoms with Crippen molar-refractivity contribution in [3.05, 3.63) is 53.0 Å². The lowest BCUT2D eigenvalue weighted by Crippen LogP contribution is -2.28. The Morgan fingerprint density at radius 3 is 2.70 bits per heavy atom. The quantitative estimate of drug-likeness (QED) is 0.364. The molecule has 0 spiro atoms. The maximum absolute atomic E-state index is 12.3. The van der Waals surface area contributed by atoms with E-state index in [2.05, 4.69) is 6.58 Å². The van der Waals surface area contributed by atoms with Gasteiger partial charge in [0.2, 0.25) is 0 Å². The summed E-state index contributed by atoms with van der Waals surface area (Å²) in [6.45, 7) is 3.94. The molecule has 0 radical (unpaired) electrons. The number of thiocarbonyl (C=S) groups is 1. The largest absolute Gasteiger partial charge is 0.421 e. The number of thioether (sulfide) groups is 1. The van der Waals surface area contributed by atoms with Crippen LogP contribution in [0.2, 0.25) is 0 Å². The monoisotopic (exact) mass is 303 g/mol. The van der Waals surface area contributed by atoms with Gasteiger partial charge in [-0.05, 0) is 6.07 Å². The van der Waals surface area contributed by atoms with Crippen LogP contribution in [0.15, 0.2) is 41.8 Å². The third kappa shape index (κ3) is 1.88. The van der Waals surface area contributed by atoms with E-state index in [0.717, 1.165) is 11.8 Å². The van der Waals surface area contributed by atoms with E-state index in [9.17, 15) is 9.59 Å². The van der Waals surface area contributed by atoms with E-state index in [1.165, 1.54) is 4.90 Å². The standard InChI is InChI=1S/C14H9NO3S2/c1-2-7-15-12(16)11(20-14(15)19)10-8-5-3-4-6-9(8)13(17)18-10/h2-6H,1,7H2. The zero-order valence-corrected chi connectivity index (χ0v) is 11.9. The van der Waals surface area contributed by atoms with Crippen LogP contribution in [0.5, 0.6) is 0 Å². The van der Waals surface area contributed by atoms with Gasteiger partial charge in [-0.2, -0.15) is 0 Å². The number of ether oxygens (including phenoxy) is 1. The third-order valence-electron chi connectivity index (χ3n) is 2.95. The number of benzene rings is 1. The predicted molar refractivity (Wildman–Crippen MR) is 80.9 cm³/mol. The van der Waals surface area contributed by atoms with Crippen LogP contribution in [0.4, 0.5) is 0 Å². The van der Waals surface area contributed by atoms with E-state index in [0.29, 0.717) is 32.7 Å². The van der Waals surface area contributed by atoms with E-state index in [1.54, 1.807) is 30.3 Å². The first-order valence-electron chi connectivity index (χ1n) is 5.84. The van der Waals surface area contributed by atoms with Gasteiger partial charge in [0.25, 0.3) is 5.91 Å². The summed E-state index contributed by atoms with van der Waals surface area (Å²) in [6, 6.07) is 6.99. The second-order valence-electron chi connectivity index (χ2n) is 4.17. The molecule has 0 saturated carbocycles. The molecule has 0 aliphatic carbocycles. The Morgan fingerprint density at radius 1 is 1.30 bits per heavy atom. The minimum atomic E-state index is -0.440. The minimum absolute atomic E-state index is 0.251. The molecule has 0 atom stereocenters. The molecule has 20 heavy (non-hydrogen) atoms. The van der Waals surface area contributed by atoms with Crippen molar-refractivity contribution in [2.24, 2.45) is 0 Å². The molecule has 0 aromatic heterocycles. The number of esters is 1. The van der Waals surface area contributed by atoms with Crippen LogP contribution in [0.3, 0.4) is 0 Å². The van der Waals surface area contributed by atoms with E-state index >= 15 is 0 Å². The molecule has 1 aromatic rings. The number of carbonyl (C=O) groups excluding carboxylic acids is 2. The number of fused-ring (bicyclic) bond motifs is 1. The molecule has 2 heterocycles. The van der Waals surface area contributed by atoms with Gasteiger partial charge >= 0.3 is 5.97 Å². The fraction of sp³-hybridized carbons (Fsp3) is 0.0714. The molecule has 1 aromatic carbocycles. The first-order chi connectivity index (χ1) is 9.63. The van der Waals surface area contributed by atoms with Crippen molar-refractivity contribution in [1.82, 2.24) is 4.90 Å². The average molecular weight is 303 g/mol. The SMILES string of the molecule is C=CCN1C(=O)C(=C2OC(=O)c3ccccc32)SC1=S. The van der Waals surface area contributed by atoms with Gasteiger partial charge < -0.3 is 4.74 Å². The molecular formula is C14H9NO3S2. The van der Waals surface area contributed by atoms with Crippen LogP contribution in [0, 0.1) is 0 Å². The highest BCUT2D eigenvalue weighted by atomic mass is 32.2. The molecular weight excluding hydrogens is 294 g/mol. The Hall–Kier alpha value is -1.92. The fourth-order valence-corrected chi connectivity index (χ4v) is 3.34. The van der Waals surface area contributed by atoms with Crippen molar-refractivity contribution in [3.63, 3.8) is 0 Å². The molecule has 2 aliphatic heterocycles. The van der Waals surface area contributed by atoms with Gasteiger partial charge in [0.1, 0.15) is 9.23 Å². The zero-order valence-electron chi connectivity index (χ0n) is 10.3. The molecule has 4 nitrogen and oxygen atoms in total. The predicted octanol–water partition coefficient (Wildman–Crippen LogP) is 2.57. The summed E-state index contributed by atoms with van der Waals surface area (Å²) in [7, 11) is 0. The van der Waals surface area contributed by atoms with Gasteiger partial charge in [0.15, 0.2) is 5.76 Å². The number of carbonyl (C=O) groups is 2. The Labute approximate surface area is 125 Å². The zero-order chi connectivity index (χ0) is 14.3. The van der Waals surface area contributed by atoms with Gasteiger partial charge in [0, 0.05) is 12.1 Å². The van der Waals surface area contributed by atoms with Crippen LogP contribution in [-0.2, 0) is 9.53 Å². The second-order valence-corrected chi connectivity index (χ2v) is 5.81. The van der Waals surface area contributed by atoms with Crippen molar-refractivity contribution in [1.29, 1.82) is 0 Å². The summed E-state index contributed by atoms with van der Waals surface area (Å²) >= 11 is 6.32. The van der Waals surface area contributed by atoms with Gasteiger partial charge in [-0.25, -0.2) is 4.79 Å². The van der Waals surface area contributed by atoms with Crippen LogP contribution < -0.4 is 0 Å². The molecule has 2 aliphatic rings.